The molecule has 63 heavy (non-hydrogen) atoms. The number of hydrogen-bond donors (Lipinski definition) is 0. The number of fused-ring (bicyclic) bond motifs is 6. The summed E-state index contributed by atoms with van der Waals surface area (Å²) in [5.41, 5.74) is 6.35. The molecule has 5 heterocycles. The van der Waals surface area contributed by atoms with E-state index in [1.807, 2.05) is 57.2 Å². The van der Waals surface area contributed by atoms with Gasteiger partial charge in [-0.1, -0.05) is 96.9 Å². The first-order valence-corrected chi connectivity index (χ1v) is 23.3. The molecule has 10 nitrogen and oxygen atoms in total. The molecule has 4 aromatic rings. The van der Waals surface area contributed by atoms with Gasteiger partial charge in [0, 0.05) is 22.1 Å². The monoisotopic (exact) mass is 858 g/mol. The summed E-state index contributed by atoms with van der Waals surface area (Å²) < 4.78 is 25.7. The topological polar surface area (TPSA) is 123 Å². The third-order valence-electron chi connectivity index (χ3n) is 13.7. The van der Waals surface area contributed by atoms with Crippen molar-refractivity contribution in [2.75, 3.05) is 13.2 Å². The van der Waals surface area contributed by atoms with Crippen LogP contribution in [0.3, 0.4) is 0 Å². The summed E-state index contributed by atoms with van der Waals surface area (Å²) in [5, 5.41) is 0.979. The fraction of sp³-hybridized carbons (Fsp3) is 0.528. The Morgan fingerprint density at radius 1 is 0.921 bits per heavy atom. The van der Waals surface area contributed by atoms with E-state index in [0.29, 0.717) is 57.4 Å². The van der Waals surface area contributed by atoms with Gasteiger partial charge in [-0.2, -0.15) is 0 Å². The van der Waals surface area contributed by atoms with Gasteiger partial charge in [-0.3, -0.25) is 14.4 Å². The number of ether oxygens (including phenoxy) is 4. The molecule has 10 heteroatoms. The van der Waals surface area contributed by atoms with E-state index in [9.17, 15) is 19.2 Å². The molecule has 7 rings (SSSR count). The summed E-state index contributed by atoms with van der Waals surface area (Å²) in [4.78, 5) is 60.9. The van der Waals surface area contributed by atoms with E-state index in [-0.39, 0.29) is 25.4 Å². The van der Waals surface area contributed by atoms with Gasteiger partial charge in [0.2, 0.25) is 0 Å². The largest absolute Gasteiger partial charge is 0.483 e. The molecule has 3 aliphatic rings. The van der Waals surface area contributed by atoms with Crippen molar-refractivity contribution in [3.05, 3.63) is 97.3 Å². The minimum atomic E-state index is -1.63. The lowest BCUT2D eigenvalue weighted by atomic mass is 9.81. The van der Waals surface area contributed by atoms with Crippen LogP contribution in [0.1, 0.15) is 156 Å². The van der Waals surface area contributed by atoms with Crippen molar-refractivity contribution in [1.82, 2.24) is 9.55 Å². The van der Waals surface area contributed by atoms with Crippen LogP contribution in [0.2, 0.25) is 0 Å². The Balaban J connectivity index is 1.10. The highest BCUT2D eigenvalue weighted by molar-refractivity contribution is 6.40. The lowest BCUT2D eigenvalue weighted by molar-refractivity contribution is -0.164. The van der Waals surface area contributed by atoms with Gasteiger partial charge in [-0.15, -0.1) is 0 Å². The number of carbonyl (C=O) groups is 3. The van der Waals surface area contributed by atoms with E-state index in [1.54, 1.807) is 11.5 Å². The van der Waals surface area contributed by atoms with E-state index in [0.717, 1.165) is 58.7 Å². The molecule has 0 N–H and O–H groups in total. The van der Waals surface area contributed by atoms with Crippen molar-refractivity contribution in [2.45, 2.75) is 151 Å². The van der Waals surface area contributed by atoms with Crippen LogP contribution in [0.25, 0.3) is 28.4 Å². The number of para-hydroxylation sites is 1. The highest BCUT2D eigenvalue weighted by Crippen LogP contribution is 2.44. The third-order valence-corrected chi connectivity index (χ3v) is 13.7. The van der Waals surface area contributed by atoms with Crippen molar-refractivity contribution >= 4 is 34.7 Å². The zero-order chi connectivity index (χ0) is 45.2. The van der Waals surface area contributed by atoms with Crippen molar-refractivity contribution in [1.29, 1.82) is 0 Å². The number of aromatic nitrogens is 2. The van der Waals surface area contributed by atoms with Crippen molar-refractivity contribution in [3.63, 3.8) is 0 Å². The predicted octanol–water partition coefficient (Wildman–Crippen LogP) is 11.0. The average molecular weight is 859 g/mol. The van der Waals surface area contributed by atoms with Crippen LogP contribution >= 0.6 is 0 Å². The molecule has 3 aliphatic heterocycles. The molecule has 0 bridgehead atoms. The molecular formula is C53H66N2O8. The molecule has 0 saturated heterocycles. The van der Waals surface area contributed by atoms with E-state index in [4.69, 9.17) is 23.9 Å². The highest BCUT2D eigenvalue weighted by Gasteiger charge is 2.42. The molecule has 2 aromatic carbocycles. The molecule has 2 aromatic heterocycles. The van der Waals surface area contributed by atoms with Crippen LogP contribution in [0, 0.1) is 38.5 Å². The zero-order valence-corrected chi connectivity index (χ0v) is 38.9. The number of ketones is 1. The Labute approximate surface area is 372 Å². The average Bonchev–Trinajstić information content (AvgIpc) is 3.60. The molecule has 0 radical (unpaired) electrons. The fourth-order valence-corrected chi connectivity index (χ4v) is 9.88. The van der Waals surface area contributed by atoms with E-state index in [2.05, 4.69) is 46.8 Å². The van der Waals surface area contributed by atoms with Crippen molar-refractivity contribution in [2.24, 2.45) is 17.8 Å². The van der Waals surface area contributed by atoms with Crippen LogP contribution in [-0.2, 0) is 41.7 Å². The van der Waals surface area contributed by atoms with Crippen LogP contribution in [0.15, 0.2) is 47.3 Å². The maximum atomic E-state index is 14.6. The Bertz CT molecular complexity index is 2480. The molecule has 0 saturated carbocycles. The minimum absolute atomic E-state index is 0.0349. The molecule has 5 atom stereocenters. The third kappa shape index (κ3) is 9.71. The Morgan fingerprint density at radius 3 is 2.33 bits per heavy atom. The number of nitrogens with zero attached hydrogens (tertiary/aromatic N) is 2. The number of benzene rings is 2. The Kier molecular flexibility index (Phi) is 14.1. The van der Waals surface area contributed by atoms with E-state index >= 15 is 0 Å². The fourth-order valence-electron chi connectivity index (χ4n) is 9.88. The summed E-state index contributed by atoms with van der Waals surface area (Å²) in [5.74, 6) is -1.79. The molecule has 0 aliphatic carbocycles. The Hall–Kier alpha value is -5.09. The van der Waals surface area contributed by atoms with E-state index < -0.39 is 35.3 Å². The first-order chi connectivity index (χ1) is 30.1. The lowest BCUT2D eigenvalue weighted by Gasteiger charge is -2.35. The Morgan fingerprint density at radius 2 is 1.62 bits per heavy atom. The maximum Gasteiger partial charge on any atom is 0.375 e. The number of hydrogen-bond acceptors (Lipinski definition) is 9. The van der Waals surface area contributed by atoms with Gasteiger partial charge in [-0.05, 0) is 112 Å². The first-order valence-electron chi connectivity index (χ1n) is 23.3. The second-order valence-electron chi connectivity index (χ2n) is 19.1. The summed E-state index contributed by atoms with van der Waals surface area (Å²) in [6, 6.07) is 11.7. The quantitative estimate of drug-likeness (QED) is 0.0481. The van der Waals surface area contributed by atoms with Gasteiger partial charge < -0.3 is 23.5 Å². The van der Waals surface area contributed by atoms with Crippen LogP contribution in [-0.4, -0.2) is 46.1 Å². The number of carbonyl (C=O) groups excluding carboxylic acids is 3. The van der Waals surface area contributed by atoms with Gasteiger partial charge in [0.25, 0.3) is 11.3 Å². The molecule has 0 spiro atoms. The smallest absolute Gasteiger partial charge is 0.375 e. The van der Waals surface area contributed by atoms with Gasteiger partial charge in [0.15, 0.2) is 12.0 Å². The molecule has 1 unspecified atom stereocenters. The summed E-state index contributed by atoms with van der Waals surface area (Å²) >= 11 is 0. The predicted molar refractivity (Wildman–Crippen MR) is 247 cm³/mol. The first kappa shape index (κ1) is 45.9. The summed E-state index contributed by atoms with van der Waals surface area (Å²) in [6.07, 6.45) is 13.9. The van der Waals surface area contributed by atoms with Gasteiger partial charge >= 0.3 is 11.9 Å². The maximum absolute atomic E-state index is 14.6. The minimum Gasteiger partial charge on any atom is -0.483 e. The molecule has 0 amide bonds. The molecular weight excluding hydrogens is 793 g/mol. The van der Waals surface area contributed by atoms with Crippen LogP contribution < -0.4 is 10.3 Å². The number of pyridine rings is 2. The van der Waals surface area contributed by atoms with Gasteiger partial charge in [-0.25, -0.2) is 9.78 Å². The normalized spacial score (nSPS) is 18.8. The number of Topliss-reactive ketones (excluding diaryl/α,β-unsaturated/α-hetero) is 1. The number of rotatable bonds is 18. The van der Waals surface area contributed by atoms with Gasteiger partial charge in [0.1, 0.15) is 11.4 Å². The summed E-state index contributed by atoms with van der Waals surface area (Å²) in [6.45, 7) is 19.0. The lowest BCUT2D eigenvalue weighted by Crippen LogP contribution is -2.36. The standard InChI is InChI=1S/C53H66N2O8/c1-10-61-52(59)48(56)46(51(58)62-44-30-60-29-41-40(44)27-43-47-38(28-55(43)50(41)57)26-37-21-11-12-22-42(37)54-47)45-34(6)35(7)49-39(36(45)8)23-25-53(9,63-49)24-15-20-33(5)19-14-18-32(4)17-13-16-31(2)3/h11-12,21-23,25-27,31-33,44,46H,10,13-20,24,28-30H2,1-9H3/t32-,33-,44-,46-,53?/m1/s1. The molecule has 0 fully saturated rings. The van der Waals surface area contributed by atoms with Crippen LogP contribution in [0.5, 0.6) is 5.75 Å². The second-order valence-corrected chi connectivity index (χ2v) is 19.1. The van der Waals surface area contributed by atoms with Crippen molar-refractivity contribution < 1.29 is 33.3 Å². The SMILES string of the molecule is CCOC(=O)C(=O)[C@H](C(=O)O[C@@H]1COCc2c1cc1n(c2=O)Cc2cc3ccccc3nc2-1)c1c(C)c(C)c2c(c1C)C=CC(C)(CCC[C@H](C)CCC[C@H](C)CCCC(C)C)O2. The number of esters is 2. The van der Waals surface area contributed by atoms with Crippen LogP contribution in [0.4, 0.5) is 0 Å². The van der Waals surface area contributed by atoms with Crippen molar-refractivity contribution in [3.8, 4) is 17.1 Å². The summed E-state index contributed by atoms with van der Waals surface area (Å²) in [7, 11) is 0. The second kappa shape index (κ2) is 19.3. The zero-order valence-electron chi connectivity index (χ0n) is 38.9. The van der Waals surface area contributed by atoms with Gasteiger partial charge in [0.05, 0.1) is 48.8 Å². The van der Waals surface area contributed by atoms with E-state index in [1.165, 1.54) is 38.5 Å². The highest BCUT2D eigenvalue weighted by atomic mass is 16.6. The molecule has 336 valence electrons.